The van der Waals surface area contributed by atoms with Crippen LogP contribution in [0.4, 0.5) is 11.4 Å². The van der Waals surface area contributed by atoms with Gasteiger partial charge in [-0.05, 0) is 36.4 Å². The van der Waals surface area contributed by atoms with Gasteiger partial charge in [0.25, 0.3) is 5.69 Å². The first-order valence-corrected chi connectivity index (χ1v) is 7.26. The first kappa shape index (κ1) is 17.3. The summed E-state index contributed by atoms with van der Waals surface area (Å²) in [6, 6.07) is 11.6. The molecule has 2 aromatic rings. The van der Waals surface area contributed by atoms with Gasteiger partial charge in [-0.2, -0.15) is 0 Å². The van der Waals surface area contributed by atoms with Crippen molar-refractivity contribution in [2.45, 2.75) is 0 Å². The van der Waals surface area contributed by atoms with Gasteiger partial charge in [0, 0.05) is 18.7 Å². The summed E-state index contributed by atoms with van der Waals surface area (Å²) in [5, 5.41) is 11.2. The molecule has 0 aliphatic heterocycles. The first-order valence-electron chi connectivity index (χ1n) is 7.26. The summed E-state index contributed by atoms with van der Waals surface area (Å²) in [7, 11) is 3.33. The smallest absolute Gasteiger partial charge is 0.293 e. The molecule has 0 amide bonds. The first-order chi connectivity index (χ1) is 11.5. The lowest BCUT2D eigenvalue weighted by molar-refractivity contribution is -0.384. The number of likely N-dealkylation sites (N-methyl/N-ethyl adjacent to an activating group) is 1. The average molecular weight is 330 g/mol. The summed E-state index contributed by atoms with van der Waals surface area (Å²) in [5.41, 5.74) is 0.601. The second-order valence-electron chi connectivity index (χ2n) is 5.07. The second kappa shape index (κ2) is 7.96. The molecule has 2 rings (SSSR count). The van der Waals surface area contributed by atoms with Crippen molar-refractivity contribution in [3.8, 4) is 11.5 Å². The number of carbonyl (C=O) groups is 1. The highest BCUT2D eigenvalue weighted by Crippen LogP contribution is 2.28. The molecule has 0 saturated carbocycles. The molecule has 0 unspecified atom stereocenters. The molecule has 24 heavy (non-hydrogen) atoms. The van der Waals surface area contributed by atoms with Crippen molar-refractivity contribution in [3.63, 3.8) is 0 Å². The van der Waals surface area contributed by atoms with Crippen LogP contribution in [0.3, 0.4) is 0 Å². The van der Waals surface area contributed by atoms with Crippen molar-refractivity contribution >= 4 is 17.7 Å². The fraction of sp³-hybridized carbons (Fsp3) is 0.235. The fourth-order valence-electron chi connectivity index (χ4n) is 2.18. The third kappa shape index (κ3) is 4.22. The minimum Gasteiger partial charge on any atom is -0.497 e. The molecule has 0 fully saturated rings. The predicted octanol–water partition coefficient (Wildman–Crippen LogP) is 2.93. The largest absolute Gasteiger partial charge is 0.497 e. The van der Waals surface area contributed by atoms with Crippen molar-refractivity contribution in [3.05, 3.63) is 58.1 Å². The Morgan fingerprint density at radius 1 is 1.17 bits per heavy atom. The fourth-order valence-corrected chi connectivity index (χ4v) is 2.18. The molecule has 0 radical (unpaired) electrons. The Bertz CT molecular complexity index is 715. The maximum atomic E-state index is 11.2. The molecule has 7 nitrogen and oxygen atoms in total. The van der Waals surface area contributed by atoms with Crippen LogP contribution in [0.15, 0.2) is 42.5 Å². The average Bonchev–Trinajstić information content (AvgIpc) is 2.61. The van der Waals surface area contributed by atoms with Gasteiger partial charge in [0.1, 0.15) is 30.1 Å². The Labute approximate surface area is 139 Å². The number of ether oxygens (including phenoxy) is 2. The van der Waals surface area contributed by atoms with Crippen LogP contribution in [0, 0.1) is 10.1 Å². The quantitative estimate of drug-likeness (QED) is 0.420. The Hall–Kier alpha value is -3.09. The Kier molecular flexibility index (Phi) is 5.73. The summed E-state index contributed by atoms with van der Waals surface area (Å²) < 4.78 is 10.7. The van der Waals surface area contributed by atoms with Gasteiger partial charge in [-0.25, -0.2) is 0 Å². The molecule has 0 aromatic heterocycles. The highest BCUT2D eigenvalue weighted by Gasteiger charge is 2.17. The number of methoxy groups -OCH3 is 1. The van der Waals surface area contributed by atoms with Gasteiger partial charge in [0.15, 0.2) is 0 Å². The Morgan fingerprint density at radius 3 is 2.42 bits per heavy atom. The molecule has 2 aromatic carbocycles. The van der Waals surface area contributed by atoms with Gasteiger partial charge in [-0.1, -0.05) is 0 Å². The van der Waals surface area contributed by atoms with E-state index < -0.39 is 4.92 Å². The molecule has 0 spiro atoms. The molecule has 0 heterocycles. The number of rotatable bonds is 8. The monoisotopic (exact) mass is 330 g/mol. The molecule has 0 N–H and O–H groups in total. The van der Waals surface area contributed by atoms with Crippen LogP contribution in [0.25, 0.3) is 0 Å². The van der Waals surface area contributed by atoms with Crippen molar-refractivity contribution < 1.29 is 19.2 Å². The van der Waals surface area contributed by atoms with E-state index in [2.05, 4.69) is 0 Å². The zero-order chi connectivity index (χ0) is 17.5. The van der Waals surface area contributed by atoms with E-state index in [-0.39, 0.29) is 11.3 Å². The number of nitrogens with zero attached hydrogens (tertiary/aromatic N) is 2. The summed E-state index contributed by atoms with van der Waals surface area (Å²) in [5.74, 6) is 1.43. The summed E-state index contributed by atoms with van der Waals surface area (Å²) >= 11 is 0. The third-order valence-electron chi connectivity index (χ3n) is 3.50. The highest BCUT2D eigenvalue weighted by atomic mass is 16.6. The van der Waals surface area contributed by atoms with Gasteiger partial charge >= 0.3 is 0 Å². The number of carbonyl (C=O) groups excluding carboxylic acids is 1. The molecule has 0 saturated heterocycles. The van der Waals surface area contributed by atoms with E-state index in [0.29, 0.717) is 30.9 Å². The van der Waals surface area contributed by atoms with E-state index in [1.165, 1.54) is 6.07 Å². The van der Waals surface area contributed by atoms with Crippen LogP contribution in [-0.2, 0) is 0 Å². The zero-order valence-electron chi connectivity index (χ0n) is 13.5. The lowest BCUT2D eigenvalue weighted by atomic mass is 10.2. The topological polar surface area (TPSA) is 81.9 Å². The van der Waals surface area contributed by atoms with Crippen LogP contribution in [0.1, 0.15) is 10.4 Å². The van der Waals surface area contributed by atoms with E-state index >= 15 is 0 Å². The van der Waals surface area contributed by atoms with E-state index in [4.69, 9.17) is 9.47 Å². The number of hydrogen-bond donors (Lipinski definition) is 0. The van der Waals surface area contributed by atoms with Crippen LogP contribution < -0.4 is 14.4 Å². The minimum absolute atomic E-state index is 0.105. The number of benzene rings is 2. The summed E-state index contributed by atoms with van der Waals surface area (Å²) in [6.45, 7) is 0.808. The predicted molar refractivity (Wildman–Crippen MR) is 90.2 cm³/mol. The Morgan fingerprint density at radius 2 is 1.83 bits per heavy atom. The lowest BCUT2D eigenvalue weighted by Gasteiger charge is -2.19. The van der Waals surface area contributed by atoms with Crippen molar-refractivity contribution in [1.29, 1.82) is 0 Å². The van der Waals surface area contributed by atoms with Crippen LogP contribution in [0.5, 0.6) is 11.5 Å². The maximum absolute atomic E-state index is 11.2. The number of nitro groups is 1. The summed E-state index contributed by atoms with van der Waals surface area (Å²) in [4.78, 5) is 23.2. The van der Waals surface area contributed by atoms with Crippen LogP contribution in [-0.4, -0.2) is 38.5 Å². The molecule has 0 bridgehead atoms. The van der Waals surface area contributed by atoms with Crippen LogP contribution in [0.2, 0.25) is 0 Å². The lowest BCUT2D eigenvalue weighted by Crippen LogP contribution is -2.24. The van der Waals surface area contributed by atoms with Gasteiger partial charge in [-0.15, -0.1) is 0 Å². The minimum atomic E-state index is -0.497. The van der Waals surface area contributed by atoms with E-state index in [1.807, 2.05) is 0 Å². The second-order valence-corrected chi connectivity index (χ2v) is 5.07. The molecule has 7 heteroatoms. The van der Waals surface area contributed by atoms with E-state index in [9.17, 15) is 14.9 Å². The SMILES string of the molecule is COc1ccc(OCCN(C)c2ccc(C=O)cc2[N+](=O)[O-])cc1. The normalized spacial score (nSPS) is 10.1. The number of nitro benzene ring substituents is 1. The zero-order valence-corrected chi connectivity index (χ0v) is 13.5. The molecule has 0 atom stereocenters. The summed E-state index contributed by atoms with van der Waals surface area (Å²) in [6.07, 6.45) is 0.587. The third-order valence-corrected chi connectivity index (χ3v) is 3.50. The van der Waals surface area contributed by atoms with Crippen molar-refractivity contribution in [1.82, 2.24) is 0 Å². The van der Waals surface area contributed by atoms with Gasteiger partial charge in [0.2, 0.25) is 0 Å². The van der Waals surface area contributed by atoms with Crippen molar-refractivity contribution in [2.24, 2.45) is 0 Å². The molecular weight excluding hydrogens is 312 g/mol. The van der Waals surface area contributed by atoms with Gasteiger partial charge < -0.3 is 14.4 Å². The van der Waals surface area contributed by atoms with E-state index in [1.54, 1.807) is 55.5 Å². The van der Waals surface area contributed by atoms with Gasteiger partial charge in [0.05, 0.1) is 18.6 Å². The standard InChI is InChI=1S/C17H18N2O5/c1-18(9-10-24-15-6-4-14(23-2)5-7-15)16-8-3-13(12-20)11-17(16)19(21)22/h3-8,11-12H,9-10H2,1-2H3. The van der Waals surface area contributed by atoms with Gasteiger partial charge in [-0.3, -0.25) is 14.9 Å². The number of hydrogen-bond acceptors (Lipinski definition) is 6. The molecule has 0 aliphatic rings. The highest BCUT2D eigenvalue weighted by molar-refractivity contribution is 5.79. The Balaban J connectivity index is 2.00. The molecule has 126 valence electrons. The maximum Gasteiger partial charge on any atom is 0.293 e. The number of anilines is 1. The van der Waals surface area contributed by atoms with Crippen LogP contribution >= 0.6 is 0 Å². The number of aldehydes is 1. The van der Waals surface area contributed by atoms with Crippen molar-refractivity contribution in [2.75, 3.05) is 32.2 Å². The molecule has 0 aliphatic carbocycles. The van der Waals surface area contributed by atoms with E-state index in [0.717, 1.165) is 5.75 Å². The molecular formula is C17H18N2O5.